The fraction of sp³-hybridized carbons (Fsp3) is 0.273. The van der Waals surface area contributed by atoms with E-state index in [0.29, 0.717) is 0 Å². The molecule has 1 aromatic heterocycles. The van der Waals surface area contributed by atoms with Crippen LogP contribution in [-0.4, -0.2) is 0 Å². The smallest absolute Gasteiger partial charge is 0.0386 e. The molecule has 2 heteroatoms. The normalized spacial score (nSPS) is 11.0. The second kappa shape index (κ2) is 3.43. The van der Waals surface area contributed by atoms with E-state index in [0.717, 1.165) is 6.42 Å². The zero-order chi connectivity index (χ0) is 9.42. The minimum atomic E-state index is 1.10. The number of thiophene rings is 1. The number of fused-ring (bicyclic) bond motifs is 1. The minimum Gasteiger partial charge on any atom is -0.143 e. The van der Waals surface area contributed by atoms with Gasteiger partial charge in [0.15, 0.2) is 0 Å². The van der Waals surface area contributed by atoms with Gasteiger partial charge in [-0.1, -0.05) is 22.9 Å². The van der Waals surface area contributed by atoms with Crippen LogP contribution in [0, 0.1) is 6.92 Å². The average molecular weight is 255 g/mol. The van der Waals surface area contributed by atoms with Crippen molar-refractivity contribution in [1.82, 2.24) is 0 Å². The SMILES string of the molecule is CCc1c(Br)c(C)cc2ccsc12. The van der Waals surface area contributed by atoms with Gasteiger partial charge in [-0.05, 0) is 47.4 Å². The lowest BCUT2D eigenvalue weighted by Gasteiger charge is -2.06. The molecule has 0 nitrogen and oxygen atoms in total. The van der Waals surface area contributed by atoms with Crippen molar-refractivity contribution in [3.05, 3.63) is 33.1 Å². The van der Waals surface area contributed by atoms with Crippen LogP contribution in [0.15, 0.2) is 22.0 Å². The van der Waals surface area contributed by atoms with E-state index in [-0.39, 0.29) is 0 Å². The van der Waals surface area contributed by atoms with Crippen LogP contribution in [0.5, 0.6) is 0 Å². The molecule has 1 aromatic carbocycles. The first-order valence-electron chi connectivity index (χ1n) is 4.39. The molecule has 0 aliphatic carbocycles. The Labute approximate surface area is 90.7 Å². The molecule has 2 aromatic rings. The van der Waals surface area contributed by atoms with E-state index in [1.807, 2.05) is 11.3 Å². The van der Waals surface area contributed by atoms with Gasteiger partial charge < -0.3 is 0 Å². The monoisotopic (exact) mass is 254 g/mol. The first-order valence-corrected chi connectivity index (χ1v) is 6.06. The Morgan fingerprint density at radius 3 is 2.92 bits per heavy atom. The highest BCUT2D eigenvalue weighted by Gasteiger charge is 2.07. The summed E-state index contributed by atoms with van der Waals surface area (Å²) in [6.45, 7) is 4.36. The fourth-order valence-corrected chi connectivity index (χ4v) is 3.35. The predicted octanol–water partition coefficient (Wildman–Crippen LogP) is 4.53. The van der Waals surface area contributed by atoms with Gasteiger partial charge in [0.1, 0.15) is 0 Å². The van der Waals surface area contributed by atoms with Gasteiger partial charge in [-0.3, -0.25) is 0 Å². The topological polar surface area (TPSA) is 0 Å². The van der Waals surface area contributed by atoms with Gasteiger partial charge in [-0.15, -0.1) is 11.3 Å². The molecule has 0 N–H and O–H groups in total. The lowest BCUT2D eigenvalue weighted by molar-refractivity contribution is 1.14. The summed E-state index contributed by atoms with van der Waals surface area (Å²) in [6, 6.07) is 4.44. The van der Waals surface area contributed by atoms with E-state index < -0.39 is 0 Å². The number of benzene rings is 1. The summed E-state index contributed by atoms with van der Waals surface area (Å²) >= 11 is 5.48. The van der Waals surface area contributed by atoms with Crippen molar-refractivity contribution >= 4 is 37.4 Å². The summed E-state index contributed by atoms with van der Waals surface area (Å²) in [5, 5.41) is 3.54. The summed E-state index contributed by atoms with van der Waals surface area (Å²) in [5.41, 5.74) is 2.78. The van der Waals surface area contributed by atoms with Crippen molar-refractivity contribution in [2.75, 3.05) is 0 Å². The average Bonchev–Trinajstić information content (AvgIpc) is 2.54. The molecule has 2 rings (SSSR count). The van der Waals surface area contributed by atoms with E-state index in [1.54, 1.807) is 0 Å². The minimum absolute atomic E-state index is 1.10. The van der Waals surface area contributed by atoms with Gasteiger partial charge in [-0.2, -0.15) is 0 Å². The van der Waals surface area contributed by atoms with Gasteiger partial charge in [0.2, 0.25) is 0 Å². The quantitative estimate of drug-likeness (QED) is 0.702. The first kappa shape index (κ1) is 9.22. The van der Waals surface area contributed by atoms with Crippen molar-refractivity contribution in [1.29, 1.82) is 0 Å². The lowest BCUT2D eigenvalue weighted by Crippen LogP contribution is -1.86. The number of hydrogen-bond acceptors (Lipinski definition) is 1. The van der Waals surface area contributed by atoms with Gasteiger partial charge in [0, 0.05) is 9.17 Å². The highest BCUT2D eigenvalue weighted by molar-refractivity contribution is 9.10. The van der Waals surface area contributed by atoms with E-state index in [4.69, 9.17) is 0 Å². The molecule has 0 aliphatic heterocycles. The molecule has 0 saturated heterocycles. The number of halogens is 1. The van der Waals surface area contributed by atoms with Crippen LogP contribution < -0.4 is 0 Å². The van der Waals surface area contributed by atoms with Gasteiger partial charge in [0.05, 0.1) is 0 Å². The third-order valence-corrected chi connectivity index (χ3v) is 4.40. The maximum absolute atomic E-state index is 3.65. The van der Waals surface area contributed by atoms with Gasteiger partial charge >= 0.3 is 0 Å². The standard InChI is InChI=1S/C11H11BrS/c1-3-9-10(12)7(2)6-8-4-5-13-11(8)9/h4-6H,3H2,1-2H3. The third-order valence-electron chi connectivity index (χ3n) is 2.31. The van der Waals surface area contributed by atoms with Crippen LogP contribution in [0.25, 0.3) is 10.1 Å². The molecular formula is C11H11BrS. The highest BCUT2D eigenvalue weighted by atomic mass is 79.9. The predicted molar refractivity (Wildman–Crippen MR) is 63.6 cm³/mol. The fourth-order valence-electron chi connectivity index (χ4n) is 1.63. The van der Waals surface area contributed by atoms with Crippen LogP contribution in [-0.2, 0) is 6.42 Å². The molecular weight excluding hydrogens is 244 g/mol. The Kier molecular flexibility index (Phi) is 2.43. The van der Waals surface area contributed by atoms with Crippen molar-refractivity contribution in [2.45, 2.75) is 20.3 Å². The van der Waals surface area contributed by atoms with Crippen LogP contribution in [0.4, 0.5) is 0 Å². The van der Waals surface area contributed by atoms with Crippen molar-refractivity contribution in [3.8, 4) is 0 Å². The lowest BCUT2D eigenvalue weighted by atomic mass is 10.1. The third kappa shape index (κ3) is 1.42. The highest BCUT2D eigenvalue weighted by Crippen LogP contribution is 2.33. The summed E-state index contributed by atoms with van der Waals surface area (Å²) in [4.78, 5) is 0. The number of aryl methyl sites for hydroxylation is 2. The number of hydrogen-bond donors (Lipinski definition) is 0. The largest absolute Gasteiger partial charge is 0.143 e. The van der Waals surface area contributed by atoms with Crippen LogP contribution >= 0.6 is 27.3 Å². The molecule has 0 amide bonds. The summed E-state index contributed by atoms with van der Waals surface area (Å²) in [7, 11) is 0. The summed E-state index contributed by atoms with van der Waals surface area (Å²) in [6.07, 6.45) is 1.10. The molecule has 1 heterocycles. The molecule has 0 radical (unpaired) electrons. The van der Waals surface area contributed by atoms with E-state index in [1.165, 1.54) is 25.7 Å². The molecule has 68 valence electrons. The second-order valence-electron chi connectivity index (χ2n) is 3.18. The van der Waals surface area contributed by atoms with E-state index in [9.17, 15) is 0 Å². The molecule has 13 heavy (non-hydrogen) atoms. The van der Waals surface area contributed by atoms with Crippen molar-refractivity contribution in [3.63, 3.8) is 0 Å². The van der Waals surface area contributed by atoms with Crippen molar-refractivity contribution < 1.29 is 0 Å². The first-order chi connectivity index (χ1) is 6.24. The Hall–Kier alpha value is -0.340. The zero-order valence-corrected chi connectivity index (χ0v) is 10.1. The molecule has 0 spiro atoms. The molecule has 0 fully saturated rings. The van der Waals surface area contributed by atoms with Gasteiger partial charge in [0.25, 0.3) is 0 Å². The molecule has 0 unspecified atom stereocenters. The Morgan fingerprint density at radius 2 is 2.23 bits per heavy atom. The summed E-state index contributed by atoms with van der Waals surface area (Å²) < 4.78 is 2.71. The van der Waals surface area contributed by atoms with Crippen LogP contribution in [0.1, 0.15) is 18.1 Å². The summed E-state index contributed by atoms with van der Waals surface area (Å²) in [5.74, 6) is 0. The van der Waals surface area contributed by atoms with Crippen LogP contribution in [0.2, 0.25) is 0 Å². The number of rotatable bonds is 1. The Balaban J connectivity index is 2.87. The van der Waals surface area contributed by atoms with Crippen molar-refractivity contribution in [2.24, 2.45) is 0 Å². The van der Waals surface area contributed by atoms with Gasteiger partial charge in [-0.25, -0.2) is 0 Å². The maximum Gasteiger partial charge on any atom is 0.0386 e. The molecule has 0 saturated carbocycles. The van der Waals surface area contributed by atoms with E-state index in [2.05, 4.69) is 47.3 Å². The molecule has 0 atom stereocenters. The zero-order valence-electron chi connectivity index (χ0n) is 7.73. The molecule has 0 aliphatic rings. The second-order valence-corrected chi connectivity index (χ2v) is 4.89. The maximum atomic E-state index is 3.65. The van der Waals surface area contributed by atoms with Crippen LogP contribution in [0.3, 0.4) is 0 Å². The Bertz CT molecular complexity index is 443. The Morgan fingerprint density at radius 1 is 1.46 bits per heavy atom. The molecule has 0 bridgehead atoms. The van der Waals surface area contributed by atoms with E-state index >= 15 is 0 Å².